The Balaban J connectivity index is 1.55. The Morgan fingerprint density at radius 2 is 1.85 bits per heavy atom. The van der Waals surface area contributed by atoms with Crippen LogP contribution < -0.4 is 4.74 Å². The standard InChI is InChI=1S/C21H15ClN2O2/c1-25-19-11-6-14(12-17(19)22)13-23-16-9-7-15(8-10-16)21-24-18-4-2-3-5-20(18)26-21/h2-13H,1H3. The molecule has 0 N–H and O–H groups in total. The van der Waals surface area contributed by atoms with Crippen LogP contribution in [0.2, 0.25) is 5.02 Å². The molecule has 0 saturated carbocycles. The zero-order valence-electron chi connectivity index (χ0n) is 14.0. The van der Waals surface area contributed by atoms with Gasteiger partial charge in [-0.05, 0) is 60.2 Å². The number of para-hydroxylation sites is 2. The molecular weight excluding hydrogens is 348 g/mol. The molecule has 26 heavy (non-hydrogen) atoms. The molecule has 0 aliphatic rings. The maximum atomic E-state index is 6.13. The lowest BCUT2D eigenvalue weighted by Gasteiger charge is -2.02. The first kappa shape index (κ1) is 16.4. The SMILES string of the molecule is COc1ccc(C=Nc2ccc(-c3nc4ccccc4o3)cc2)cc1Cl. The van der Waals surface area contributed by atoms with Crippen LogP contribution >= 0.6 is 11.6 Å². The van der Waals surface area contributed by atoms with Gasteiger partial charge in [0.2, 0.25) is 5.89 Å². The number of benzene rings is 3. The second kappa shape index (κ2) is 7.02. The number of aliphatic imine (C=N–C) groups is 1. The first-order valence-corrected chi connectivity index (χ1v) is 8.44. The number of fused-ring (bicyclic) bond motifs is 1. The average molecular weight is 363 g/mol. The summed E-state index contributed by atoms with van der Waals surface area (Å²) < 4.78 is 10.9. The fourth-order valence-electron chi connectivity index (χ4n) is 2.60. The minimum absolute atomic E-state index is 0.558. The van der Waals surface area contributed by atoms with Gasteiger partial charge in [-0.25, -0.2) is 4.98 Å². The first-order chi connectivity index (χ1) is 12.7. The number of methoxy groups -OCH3 is 1. The minimum atomic E-state index is 0.558. The molecule has 1 aromatic heterocycles. The largest absolute Gasteiger partial charge is 0.495 e. The molecule has 0 fully saturated rings. The van der Waals surface area contributed by atoms with Gasteiger partial charge >= 0.3 is 0 Å². The van der Waals surface area contributed by atoms with E-state index < -0.39 is 0 Å². The van der Waals surface area contributed by atoms with E-state index in [0.29, 0.717) is 16.7 Å². The Labute approximate surface area is 155 Å². The molecule has 0 saturated heterocycles. The Morgan fingerprint density at radius 1 is 1.04 bits per heavy atom. The lowest BCUT2D eigenvalue weighted by atomic mass is 10.2. The average Bonchev–Trinajstić information content (AvgIpc) is 3.11. The van der Waals surface area contributed by atoms with E-state index in [-0.39, 0.29) is 0 Å². The highest BCUT2D eigenvalue weighted by Crippen LogP contribution is 2.27. The Hall–Kier alpha value is -3.11. The van der Waals surface area contributed by atoms with Gasteiger partial charge in [0.05, 0.1) is 17.8 Å². The molecule has 128 valence electrons. The zero-order valence-corrected chi connectivity index (χ0v) is 14.8. The van der Waals surface area contributed by atoms with Gasteiger partial charge in [0.15, 0.2) is 5.58 Å². The summed E-state index contributed by atoms with van der Waals surface area (Å²) in [5.74, 6) is 1.25. The highest BCUT2D eigenvalue weighted by atomic mass is 35.5. The molecule has 0 radical (unpaired) electrons. The van der Waals surface area contributed by atoms with Crippen molar-refractivity contribution in [3.8, 4) is 17.2 Å². The second-order valence-electron chi connectivity index (χ2n) is 5.69. The van der Waals surface area contributed by atoms with Crippen LogP contribution in [0.3, 0.4) is 0 Å². The van der Waals surface area contributed by atoms with Crippen LogP contribution in [0.15, 0.2) is 76.1 Å². The molecule has 5 heteroatoms. The van der Waals surface area contributed by atoms with Crippen molar-refractivity contribution in [2.75, 3.05) is 7.11 Å². The number of hydrogen-bond donors (Lipinski definition) is 0. The van der Waals surface area contributed by atoms with Gasteiger partial charge in [-0.1, -0.05) is 23.7 Å². The van der Waals surface area contributed by atoms with Crippen LogP contribution in [-0.2, 0) is 0 Å². The molecule has 0 unspecified atom stereocenters. The highest BCUT2D eigenvalue weighted by molar-refractivity contribution is 6.32. The molecule has 0 aliphatic heterocycles. The Morgan fingerprint density at radius 3 is 2.58 bits per heavy atom. The van der Waals surface area contributed by atoms with Crippen molar-refractivity contribution in [3.05, 3.63) is 77.3 Å². The Bertz CT molecular complexity index is 1050. The quantitative estimate of drug-likeness (QED) is 0.424. The highest BCUT2D eigenvalue weighted by Gasteiger charge is 2.07. The van der Waals surface area contributed by atoms with Crippen molar-refractivity contribution in [3.63, 3.8) is 0 Å². The normalized spacial score (nSPS) is 11.3. The molecular formula is C21H15ClN2O2. The summed E-state index contributed by atoms with van der Waals surface area (Å²) in [6.45, 7) is 0. The third-order valence-corrected chi connectivity index (χ3v) is 4.24. The van der Waals surface area contributed by atoms with Gasteiger partial charge in [0, 0.05) is 11.8 Å². The smallest absolute Gasteiger partial charge is 0.227 e. The van der Waals surface area contributed by atoms with Crippen LogP contribution in [-0.4, -0.2) is 18.3 Å². The number of hydrogen-bond acceptors (Lipinski definition) is 4. The van der Waals surface area contributed by atoms with Crippen molar-refractivity contribution in [2.24, 2.45) is 4.99 Å². The van der Waals surface area contributed by atoms with Gasteiger partial charge in [0.25, 0.3) is 0 Å². The monoisotopic (exact) mass is 362 g/mol. The number of halogens is 1. The van der Waals surface area contributed by atoms with E-state index in [9.17, 15) is 0 Å². The van der Waals surface area contributed by atoms with Crippen LogP contribution in [0.4, 0.5) is 5.69 Å². The third kappa shape index (κ3) is 3.32. The van der Waals surface area contributed by atoms with Crippen molar-refractivity contribution in [1.82, 2.24) is 4.98 Å². The molecule has 0 aliphatic carbocycles. The molecule has 4 nitrogen and oxygen atoms in total. The van der Waals surface area contributed by atoms with Crippen molar-refractivity contribution >= 4 is 34.6 Å². The van der Waals surface area contributed by atoms with Gasteiger partial charge < -0.3 is 9.15 Å². The molecule has 3 aromatic carbocycles. The molecule has 4 aromatic rings. The summed E-state index contributed by atoms with van der Waals surface area (Å²) in [6.07, 6.45) is 1.76. The van der Waals surface area contributed by atoms with E-state index in [1.54, 1.807) is 13.3 Å². The summed E-state index contributed by atoms with van der Waals surface area (Å²) in [5.41, 5.74) is 4.27. The molecule has 1 heterocycles. The van der Waals surface area contributed by atoms with Crippen molar-refractivity contribution in [2.45, 2.75) is 0 Å². The van der Waals surface area contributed by atoms with E-state index in [1.807, 2.05) is 66.7 Å². The number of ether oxygens (including phenoxy) is 1. The number of oxazole rings is 1. The topological polar surface area (TPSA) is 47.6 Å². The molecule has 0 atom stereocenters. The third-order valence-electron chi connectivity index (χ3n) is 3.95. The molecule has 4 rings (SSSR count). The van der Waals surface area contributed by atoms with Gasteiger partial charge in [-0.15, -0.1) is 0 Å². The fraction of sp³-hybridized carbons (Fsp3) is 0.0476. The van der Waals surface area contributed by atoms with E-state index in [4.69, 9.17) is 20.8 Å². The molecule has 0 spiro atoms. The first-order valence-electron chi connectivity index (χ1n) is 8.06. The van der Waals surface area contributed by atoms with Crippen LogP contribution in [0.1, 0.15) is 5.56 Å². The lowest BCUT2D eigenvalue weighted by molar-refractivity contribution is 0.415. The maximum Gasteiger partial charge on any atom is 0.227 e. The predicted molar refractivity (Wildman–Crippen MR) is 105 cm³/mol. The summed E-state index contributed by atoms with van der Waals surface area (Å²) in [4.78, 5) is 8.98. The van der Waals surface area contributed by atoms with Crippen LogP contribution in [0.25, 0.3) is 22.6 Å². The summed E-state index contributed by atoms with van der Waals surface area (Å²) in [7, 11) is 1.59. The molecule has 0 amide bonds. The fourth-order valence-corrected chi connectivity index (χ4v) is 2.86. The van der Waals surface area contributed by atoms with E-state index >= 15 is 0 Å². The lowest BCUT2D eigenvalue weighted by Crippen LogP contribution is -1.86. The predicted octanol–water partition coefficient (Wildman–Crippen LogP) is 5.91. The van der Waals surface area contributed by atoms with Crippen LogP contribution in [0, 0.1) is 0 Å². The number of rotatable bonds is 4. The van der Waals surface area contributed by atoms with Crippen LogP contribution in [0.5, 0.6) is 5.75 Å². The maximum absolute atomic E-state index is 6.13. The van der Waals surface area contributed by atoms with E-state index in [1.165, 1.54) is 0 Å². The van der Waals surface area contributed by atoms with Gasteiger partial charge in [-0.2, -0.15) is 0 Å². The van der Waals surface area contributed by atoms with E-state index in [0.717, 1.165) is 27.9 Å². The summed E-state index contributed by atoms with van der Waals surface area (Å²) in [5, 5.41) is 0.558. The second-order valence-corrected chi connectivity index (χ2v) is 6.09. The summed E-state index contributed by atoms with van der Waals surface area (Å²) >= 11 is 6.13. The van der Waals surface area contributed by atoms with Gasteiger partial charge in [0.1, 0.15) is 11.3 Å². The zero-order chi connectivity index (χ0) is 17.9. The van der Waals surface area contributed by atoms with E-state index in [2.05, 4.69) is 9.98 Å². The van der Waals surface area contributed by atoms with Gasteiger partial charge in [-0.3, -0.25) is 4.99 Å². The molecule has 0 bridgehead atoms. The number of nitrogens with zero attached hydrogens (tertiary/aromatic N) is 2. The minimum Gasteiger partial charge on any atom is -0.495 e. The Kier molecular flexibility index (Phi) is 4.42. The number of aromatic nitrogens is 1. The summed E-state index contributed by atoms with van der Waals surface area (Å²) in [6, 6.07) is 21.0. The van der Waals surface area contributed by atoms with Crippen molar-refractivity contribution in [1.29, 1.82) is 0 Å². The van der Waals surface area contributed by atoms with Crippen molar-refractivity contribution < 1.29 is 9.15 Å².